The summed E-state index contributed by atoms with van der Waals surface area (Å²) >= 11 is 1.49. The molecule has 0 saturated carbocycles. The van der Waals surface area contributed by atoms with Crippen molar-refractivity contribution in [1.82, 2.24) is 4.98 Å². The molecule has 0 saturated heterocycles. The molecule has 1 amide bonds. The lowest BCUT2D eigenvalue weighted by atomic mass is 10.0. The van der Waals surface area contributed by atoms with Gasteiger partial charge in [-0.15, -0.1) is 11.3 Å². The lowest BCUT2D eigenvalue weighted by molar-refractivity contribution is -0.117. The van der Waals surface area contributed by atoms with E-state index in [4.69, 9.17) is 4.74 Å². The molecule has 1 unspecified atom stereocenters. The van der Waals surface area contributed by atoms with Crippen LogP contribution in [0.25, 0.3) is 0 Å². The normalized spacial score (nSPS) is 11.8. The number of aromatic nitrogens is 1. The predicted molar refractivity (Wildman–Crippen MR) is 101 cm³/mol. The first-order valence-corrected chi connectivity index (χ1v) is 8.91. The largest absolute Gasteiger partial charge is 0.496 e. The molecule has 1 N–H and O–H groups in total. The van der Waals surface area contributed by atoms with Gasteiger partial charge in [0.25, 0.3) is 0 Å². The van der Waals surface area contributed by atoms with Crippen molar-refractivity contribution in [2.24, 2.45) is 0 Å². The standard InChI is InChI=1S/C20H20N2O2S/c1-14(15-8-4-3-5-9-15)19(23)22-20-21-13-17(25-20)12-16-10-6-7-11-18(16)24-2/h3-11,13-14H,12H2,1-2H3,(H,21,22,23). The van der Waals surface area contributed by atoms with Crippen molar-refractivity contribution >= 4 is 22.4 Å². The average molecular weight is 352 g/mol. The molecule has 5 heteroatoms. The molecule has 1 atom stereocenters. The molecule has 128 valence electrons. The number of methoxy groups -OCH3 is 1. The van der Waals surface area contributed by atoms with Gasteiger partial charge in [-0.2, -0.15) is 0 Å². The van der Waals surface area contributed by atoms with Crippen LogP contribution in [-0.2, 0) is 11.2 Å². The molecule has 0 aliphatic carbocycles. The minimum atomic E-state index is -0.220. The van der Waals surface area contributed by atoms with Gasteiger partial charge in [-0.05, 0) is 24.1 Å². The van der Waals surface area contributed by atoms with Crippen molar-refractivity contribution in [3.05, 3.63) is 76.8 Å². The summed E-state index contributed by atoms with van der Waals surface area (Å²) in [6, 6.07) is 17.7. The maximum absolute atomic E-state index is 12.4. The molecule has 25 heavy (non-hydrogen) atoms. The Bertz CT molecular complexity index is 846. The van der Waals surface area contributed by atoms with Crippen LogP contribution in [0.15, 0.2) is 60.8 Å². The fraction of sp³-hybridized carbons (Fsp3) is 0.200. The van der Waals surface area contributed by atoms with Crippen molar-refractivity contribution in [2.45, 2.75) is 19.3 Å². The highest BCUT2D eigenvalue weighted by molar-refractivity contribution is 7.15. The fourth-order valence-corrected chi connectivity index (χ4v) is 3.43. The van der Waals surface area contributed by atoms with Crippen LogP contribution in [0.4, 0.5) is 5.13 Å². The van der Waals surface area contributed by atoms with E-state index in [0.29, 0.717) is 5.13 Å². The van der Waals surface area contributed by atoms with E-state index >= 15 is 0 Å². The molecule has 0 spiro atoms. The molecule has 0 aliphatic heterocycles. The first-order chi connectivity index (χ1) is 12.2. The van der Waals surface area contributed by atoms with Crippen LogP contribution < -0.4 is 10.1 Å². The summed E-state index contributed by atoms with van der Waals surface area (Å²) in [6.45, 7) is 1.90. The number of anilines is 1. The third kappa shape index (κ3) is 4.25. The summed E-state index contributed by atoms with van der Waals surface area (Å²) in [5.74, 6) is 0.589. The van der Waals surface area contributed by atoms with Crippen LogP contribution in [0.2, 0.25) is 0 Å². The number of rotatable bonds is 6. The summed E-state index contributed by atoms with van der Waals surface area (Å²) in [5, 5.41) is 3.54. The monoisotopic (exact) mass is 352 g/mol. The van der Waals surface area contributed by atoms with Gasteiger partial charge in [0.15, 0.2) is 5.13 Å². The third-order valence-corrected chi connectivity index (χ3v) is 4.95. The van der Waals surface area contributed by atoms with E-state index in [0.717, 1.165) is 28.2 Å². The molecule has 1 heterocycles. The van der Waals surface area contributed by atoms with Crippen LogP contribution in [0, 0.1) is 0 Å². The number of carbonyl (C=O) groups excluding carboxylic acids is 1. The minimum Gasteiger partial charge on any atom is -0.496 e. The molecule has 4 nitrogen and oxygen atoms in total. The SMILES string of the molecule is COc1ccccc1Cc1cnc(NC(=O)C(C)c2ccccc2)s1. The van der Waals surface area contributed by atoms with Gasteiger partial charge in [0.1, 0.15) is 5.75 Å². The van der Waals surface area contributed by atoms with Crippen LogP contribution in [-0.4, -0.2) is 18.0 Å². The van der Waals surface area contributed by atoms with E-state index in [1.54, 1.807) is 13.3 Å². The Kier molecular flexibility index (Phi) is 5.46. The van der Waals surface area contributed by atoms with Gasteiger partial charge in [0.2, 0.25) is 5.91 Å². The number of nitrogens with zero attached hydrogens (tertiary/aromatic N) is 1. The number of carbonyl (C=O) groups is 1. The van der Waals surface area contributed by atoms with Gasteiger partial charge < -0.3 is 10.1 Å². The Morgan fingerprint density at radius 1 is 1.16 bits per heavy atom. The van der Waals surface area contributed by atoms with Crippen LogP contribution in [0.1, 0.15) is 28.8 Å². The van der Waals surface area contributed by atoms with E-state index in [9.17, 15) is 4.79 Å². The molecular formula is C20H20N2O2S. The van der Waals surface area contributed by atoms with Crippen molar-refractivity contribution in [1.29, 1.82) is 0 Å². The van der Waals surface area contributed by atoms with Crippen molar-refractivity contribution in [2.75, 3.05) is 12.4 Å². The maximum atomic E-state index is 12.4. The smallest absolute Gasteiger partial charge is 0.233 e. The molecule has 3 rings (SSSR count). The molecule has 0 bridgehead atoms. The van der Waals surface area contributed by atoms with Crippen LogP contribution in [0.5, 0.6) is 5.75 Å². The Morgan fingerprint density at radius 3 is 2.64 bits per heavy atom. The van der Waals surface area contributed by atoms with Crippen LogP contribution in [0.3, 0.4) is 0 Å². The lowest BCUT2D eigenvalue weighted by Gasteiger charge is -2.10. The van der Waals surface area contributed by atoms with Gasteiger partial charge in [0, 0.05) is 17.5 Å². The van der Waals surface area contributed by atoms with Gasteiger partial charge in [-0.3, -0.25) is 4.79 Å². The van der Waals surface area contributed by atoms with E-state index in [1.165, 1.54) is 11.3 Å². The number of ether oxygens (including phenoxy) is 1. The lowest BCUT2D eigenvalue weighted by Crippen LogP contribution is -2.18. The zero-order chi connectivity index (χ0) is 17.6. The topological polar surface area (TPSA) is 51.2 Å². The number of hydrogen-bond donors (Lipinski definition) is 1. The first-order valence-electron chi connectivity index (χ1n) is 8.10. The number of nitrogens with one attached hydrogen (secondary N) is 1. The molecule has 0 fully saturated rings. The number of para-hydroxylation sites is 1. The van der Waals surface area contributed by atoms with Crippen molar-refractivity contribution < 1.29 is 9.53 Å². The molecular weight excluding hydrogens is 332 g/mol. The highest BCUT2D eigenvalue weighted by Crippen LogP contribution is 2.26. The summed E-state index contributed by atoms with van der Waals surface area (Å²) in [6.07, 6.45) is 2.53. The van der Waals surface area contributed by atoms with Crippen molar-refractivity contribution in [3.8, 4) is 5.75 Å². The zero-order valence-corrected chi connectivity index (χ0v) is 15.0. The highest BCUT2D eigenvalue weighted by Gasteiger charge is 2.16. The molecule has 0 radical (unpaired) electrons. The average Bonchev–Trinajstić information content (AvgIpc) is 3.09. The number of amides is 1. The molecule has 1 aromatic heterocycles. The molecule has 2 aromatic carbocycles. The van der Waals surface area contributed by atoms with Gasteiger partial charge in [0.05, 0.1) is 13.0 Å². The van der Waals surface area contributed by atoms with E-state index in [1.807, 2.05) is 61.5 Å². The molecule has 3 aromatic rings. The highest BCUT2D eigenvalue weighted by atomic mass is 32.1. The Labute approximate surface area is 151 Å². The van der Waals surface area contributed by atoms with Gasteiger partial charge >= 0.3 is 0 Å². The maximum Gasteiger partial charge on any atom is 0.233 e. The summed E-state index contributed by atoms with van der Waals surface area (Å²) in [5.41, 5.74) is 2.09. The fourth-order valence-electron chi connectivity index (χ4n) is 2.59. The van der Waals surface area contributed by atoms with Crippen molar-refractivity contribution in [3.63, 3.8) is 0 Å². The van der Waals surface area contributed by atoms with Gasteiger partial charge in [-0.1, -0.05) is 48.5 Å². The number of hydrogen-bond acceptors (Lipinski definition) is 4. The predicted octanol–water partition coefficient (Wildman–Crippen LogP) is 4.48. The summed E-state index contributed by atoms with van der Waals surface area (Å²) < 4.78 is 5.38. The number of benzene rings is 2. The van der Waals surface area contributed by atoms with Crippen LogP contribution >= 0.6 is 11.3 Å². The van der Waals surface area contributed by atoms with E-state index in [-0.39, 0.29) is 11.8 Å². The Hall–Kier alpha value is -2.66. The van der Waals surface area contributed by atoms with Gasteiger partial charge in [-0.25, -0.2) is 4.98 Å². The molecule has 0 aliphatic rings. The third-order valence-electron chi connectivity index (χ3n) is 4.03. The first kappa shape index (κ1) is 17.2. The minimum absolute atomic E-state index is 0.0515. The Morgan fingerprint density at radius 2 is 1.88 bits per heavy atom. The second-order valence-corrected chi connectivity index (χ2v) is 6.86. The second kappa shape index (κ2) is 7.94. The summed E-state index contributed by atoms with van der Waals surface area (Å²) in [7, 11) is 1.67. The van der Waals surface area contributed by atoms with E-state index < -0.39 is 0 Å². The number of thiazole rings is 1. The zero-order valence-electron chi connectivity index (χ0n) is 14.2. The van der Waals surface area contributed by atoms with E-state index in [2.05, 4.69) is 10.3 Å². The quantitative estimate of drug-likeness (QED) is 0.711. The summed E-state index contributed by atoms with van der Waals surface area (Å²) in [4.78, 5) is 17.8. The second-order valence-electron chi connectivity index (χ2n) is 5.74. The Balaban J connectivity index is 1.66.